The minimum atomic E-state index is -0.922. The molecule has 2 N–H and O–H groups in total. The number of amides is 2. The average molecular weight is 242 g/mol. The molecular formula is C11H18N2O4. The predicted octanol–water partition coefficient (Wildman–Crippen LogP) is -0.0304. The molecule has 2 saturated heterocycles. The molecule has 2 aliphatic heterocycles. The van der Waals surface area contributed by atoms with Crippen LogP contribution in [0.15, 0.2) is 0 Å². The lowest BCUT2D eigenvalue weighted by Crippen LogP contribution is -2.47. The topological polar surface area (TPSA) is 81.1 Å². The average Bonchev–Trinajstić information content (AvgIpc) is 2.97. The van der Waals surface area contributed by atoms with Crippen LogP contribution in [0.25, 0.3) is 0 Å². The molecule has 96 valence electrons. The number of carbonyl (C=O) groups is 2. The number of nitrogens with zero attached hydrogens (tertiary/aromatic N) is 2. The number of aliphatic carboxylic acids is 1. The van der Waals surface area contributed by atoms with Crippen LogP contribution < -0.4 is 0 Å². The summed E-state index contributed by atoms with van der Waals surface area (Å²) in [6, 6.07) is -0.860. The summed E-state index contributed by atoms with van der Waals surface area (Å²) in [6.45, 7) is 1.77. The standard InChI is InChI=1S/C11H18N2O4/c14-7-8-3-5-12(6-8)11(17)13-4-1-2-9(13)10(15)16/h8-9,14H,1-7H2,(H,15,16)/t8?,9-/m0/s1. The maximum absolute atomic E-state index is 12.1. The Bertz CT molecular complexity index is 321. The van der Waals surface area contributed by atoms with Crippen molar-refractivity contribution < 1.29 is 19.8 Å². The summed E-state index contributed by atoms with van der Waals surface area (Å²) >= 11 is 0. The van der Waals surface area contributed by atoms with Gasteiger partial charge in [-0.2, -0.15) is 0 Å². The zero-order chi connectivity index (χ0) is 12.4. The molecule has 2 aliphatic rings. The molecule has 0 aromatic heterocycles. The normalized spacial score (nSPS) is 28.8. The lowest BCUT2D eigenvalue weighted by atomic mass is 10.1. The predicted molar refractivity (Wildman–Crippen MR) is 59.5 cm³/mol. The second-order valence-corrected chi connectivity index (χ2v) is 4.76. The van der Waals surface area contributed by atoms with Crippen LogP contribution in [0.2, 0.25) is 0 Å². The molecule has 0 aliphatic carbocycles. The summed E-state index contributed by atoms with van der Waals surface area (Å²) < 4.78 is 0. The van der Waals surface area contributed by atoms with Gasteiger partial charge in [0.05, 0.1) is 0 Å². The first-order chi connectivity index (χ1) is 8.13. The minimum absolute atomic E-state index is 0.0894. The third-order valence-corrected chi connectivity index (χ3v) is 3.60. The highest BCUT2D eigenvalue weighted by atomic mass is 16.4. The van der Waals surface area contributed by atoms with Gasteiger partial charge in [-0.25, -0.2) is 9.59 Å². The Labute approximate surface area is 99.8 Å². The van der Waals surface area contributed by atoms with E-state index in [4.69, 9.17) is 10.2 Å². The second kappa shape index (κ2) is 4.91. The maximum atomic E-state index is 12.1. The Kier molecular flexibility index (Phi) is 3.51. The molecule has 1 unspecified atom stereocenters. The molecule has 0 bridgehead atoms. The lowest BCUT2D eigenvalue weighted by Gasteiger charge is -2.27. The molecule has 2 rings (SSSR count). The van der Waals surface area contributed by atoms with Crippen LogP contribution >= 0.6 is 0 Å². The Morgan fingerprint density at radius 3 is 2.59 bits per heavy atom. The van der Waals surface area contributed by atoms with Crippen molar-refractivity contribution in [2.75, 3.05) is 26.2 Å². The van der Waals surface area contributed by atoms with Gasteiger partial charge in [0, 0.05) is 32.2 Å². The van der Waals surface area contributed by atoms with E-state index in [0.29, 0.717) is 26.1 Å². The van der Waals surface area contributed by atoms with Crippen molar-refractivity contribution in [3.05, 3.63) is 0 Å². The van der Waals surface area contributed by atoms with E-state index in [1.54, 1.807) is 4.90 Å². The van der Waals surface area contributed by atoms with E-state index in [-0.39, 0.29) is 18.6 Å². The second-order valence-electron chi connectivity index (χ2n) is 4.76. The van der Waals surface area contributed by atoms with E-state index in [2.05, 4.69) is 0 Å². The van der Waals surface area contributed by atoms with Gasteiger partial charge in [-0.15, -0.1) is 0 Å². The largest absolute Gasteiger partial charge is 0.480 e. The summed E-state index contributed by atoms with van der Waals surface area (Å²) in [5.74, 6) is -0.779. The fourth-order valence-electron chi connectivity index (χ4n) is 2.59. The first-order valence-electron chi connectivity index (χ1n) is 6.02. The van der Waals surface area contributed by atoms with Gasteiger partial charge < -0.3 is 20.0 Å². The fraction of sp³-hybridized carbons (Fsp3) is 0.818. The molecule has 2 heterocycles. The van der Waals surface area contributed by atoms with Gasteiger partial charge in [0.15, 0.2) is 0 Å². The number of rotatable bonds is 2. The number of hydrogen-bond donors (Lipinski definition) is 2. The number of hydrogen-bond acceptors (Lipinski definition) is 3. The van der Waals surface area contributed by atoms with Crippen molar-refractivity contribution >= 4 is 12.0 Å². The van der Waals surface area contributed by atoms with Gasteiger partial charge >= 0.3 is 12.0 Å². The molecule has 0 radical (unpaired) electrons. The molecule has 0 aromatic rings. The van der Waals surface area contributed by atoms with Gasteiger partial charge in [0.25, 0.3) is 0 Å². The molecule has 6 heteroatoms. The monoisotopic (exact) mass is 242 g/mol. The Morgan fingerprint density at radius 1 is 1.24 bits per heavy atom. The molecule has 6 nitrogen and oxygen atoms in total. The smallest absolute Gasteiger partial charge is 0.326 e. The van der Waals surface area contributed by atoms with Gasteiger partial charge in [0.2, 0.25) is 0 Å². The summed E-state index contributed by atoms with van der Waals surface area (Å²) in [6.07, 6.45) is 2.09. The SMILES string of the molecule is O=C(O)[C@@H]1CCCN1C(=O)N1CCC(CO)C1. The fourth-order valence-corrected chi connectivity index (χ4v) is 2.59. The molecule has 2 atom stereocenters. The van der Waals surface area contributed by atoms with E-state index >= 15 is 0 Å². The Hall–Kier alpha value is -1.30. The third kappa shape index (κ3) is 2.36. The van der Waals surface area contributed by atoms with E-state index in [9.17, 15) is 9.59 Å². The summed E-state index contributed by atoms with van der Waals surface area (Å²) in [7, 11) is 0. The first-order valence-corrected chi connectivity index (χ1v) is 6.02. The van der Waals surface area contributed by atoms with Crippen molar-refractivity contribution in [1.82, 2.24) is 9.80 Å². The molecule has 17 heavy (non-hydrogen) atoms. The summed E-state index contributed by atoms with van der Waals surface area (Å²) in [5, 5.41) is 18.0. The van der Waals surface area contributed by atoms with Gasteiger partial charge in [0.1, 0.15) is 6.04 Å². The zero-order valence-corrected chi connectivity index (χ0v) is 9.71. The van der Waals surface area contributed by atoms with Crippen molar-refractivity contribution in [2.24, 2.45) is 5.92 Å². The number of carbonyl (C=O) groups excluding carboxylic acids is 1. The highest BCUT2D eigenvalue weighted by molar-refractivity contribution is 5.83. The molecule has 2 fully saturated rings. The van der Waals surface area contributed by atoms with E-state index in [1.807, 2.05) is 0 Å². The van der Waals surface area contributed by atoms with Crippen LogP contribution in [-0.2, 0) is 4.79 Å². The summed E-state index contributed by atoms with van der Waals surface area (Å²) in [4.78, 5) is 26.2. The van der Waals surface area contributed by atoms with Gasteiger partial charge in [-0.3, -0.25) is 0 Å². The van der Waals surface area contributed by atoms with E-state index < -0.39 is 12.0 Å². The highest BCUT2D eigenvalue weighted by Gasteiger charge is 2.38. The van der Waals surface area contributed by atoms with Crippen LogP contribution in [-0.4, -0.2) is 64.3 Å². The van der Waals surface area contributed by atoms with Crippen LogP contribution in [0.4, 0.5) is 4.79 Å². The summed E-state index contributed by atoms with van der Waals surface area (Å²) in [5.41, 5.74) is 0. The quantitative estimate of drug-likeness (QED) is 0.712. The molecule has 0 saturated carbocycles. The van der Waals surface area contributed by atoms with Gasteiger partial charge in [-0.1, -0.05) is 0 Å². The van der Waals surface area contributed by atoms with Crippen molar-refractivity contribution in [1.29, 1.82) is 0 Å². The number of aliphatic hydroxyl groups is 1. The number of aliphatic hydroxyl groups excluding tert-OH is 1. The molecule has 0 spiro atoms. The highest BCUT2D eigenvalue weighted by Crippen LogP contribution is 2.23. The van der Waals surface area contributed by atoms with Crippen LogP contribution in [0.1, 0.15) is 19.3 Å². The van der Waals surface area contributed by atoms with Crippen molar-refractivity contribution in [2.45, 2.75) is 25.3 Å². The molecular weight excluding hydrogens is 224 g/mol. The van der Waals surface area contributed by atoms with Crippen LogP contribution in [0.3, 0.4) is 0 Å². The third-order valence-electron chi connectivity index (χ3n) is 3.60. The zero-order valence-electron chi connectivity index (χ0n) is 9.71. The molecule has 2 amide bonds. The Morgan fingerprint density at radius 2 is 2.00 bits per heavy atom. The van der Waals surface area contributed by atoms with E-state index in [1.165, 1.54) is 4.90 Å². The first kappa shape index (κ1) is 12.2. The van der Waals surface area contributed by atoms with Crippen LogP contribution in [0, 0.1) is 5.92 Å². The number of carboxylic acid groups (broad SMARTS) is 1. The number of urea groups is 1. The number of carboxylic acids is 1. The van der Waals surface area contributed by atoms with Crippen LogP contribution in [0.5, 0.6) is 0 Å². The van der Waals surface area contributed by atoms with Gasteiger partial charge in [-0.05, 0) is 19.3 Å². The number of likely N-dealkylation sites (tertiary alicyclic amines) is 2. The maximum Gasteiger partial charge on any atom is 0.326 e. The van der Waals surface area contributed by atoms with Crippen molar-refractivity contribution in [3.63, 3.8) is 0 Å². The molecule has 0 aromatic carbocycles. The minimum Gasteiger partial charge on any atom is -0.480 e. The van der Waals surface area contributed by atoms with Crippen molar-refractivity contribution in [3.8, 4) is 0 Å². The Balaban J connectivity index is 1.98. The van der Waals surface area contributed by atoms with E-state index in [0.717, 1.165) is 12.8 Å². The lowest BCUT2D eigenvalue weighted by molar-refractivity contribution is -0.141.